The fourth-order valence-electron chi connectivity index (χ4n) is 2.66. The number of ether oxygens (including phenoxy) is 1. The van der Waals surface area contributed by atoms with E-state index in [-0.39, 0.29) is 5.56 Å². The van der Waals surface area contributed by atoms with Gasteiger partial charge in [0, 0.05) is 23.3 Å². The zero-order valence-electron chi connectivity index (χ0n) is 14.6. The third kappa shape index (κ3) is 4.06. The van der Waals surface area contributed by atoms with Crippen molar-refractivity contribution in [2.45, 2.75) is 19.6 Å². The van der Waals surface area contributed by atoms with Gasteiger partial charge < -0.3 is 25.3 Å². The predicted octanol–water partition coefficient (Wildman–Crippen LogP) is 1.29. The lowest BCUT2D eigenvalue weighted by molar-refractivity contribution is -0.120. The SMILES string of the molecule is Cc1oc2ccc(OCc3cccnc3)cc2c1C(=O)N[C@@H](CO)C(N)=O. The average Bonchev–Trinajstić information content (AvgIpc) is 3.00. The second-order valence-corrected chi connectivity index (χ2v) is 5.95. The summed E-state index contributed by atoms with van der Waals surface area (Å²) in [7, 11) is 0. The summed E-state index contributed by atoms with van der Waals surface area (Å²) in [6.45, 7) is 1.38. The van der Waals surface area contributed by atoms with Gasteiger partial charge in [0.25, 0.3) is 5.91 Å². The number of aliphatic hydroxyl groups excluding tert-OH is 1. The fourth-order valence-corrected chi connectivity index (χ4v) is 2.66. The minimum Gasteiger partial charge on any atom is -0.489 e. The van der Waals surface area contributed by atoms with Crippen molar-refractivity contribution in [3.05, 3.63) is 59.6 Å². The Morgan fingerprint density at radius 1 is 1.37 bits per heavy atom. The molecule has 2 heterocycles. The van der Waals surface area contributed by atoms with Crippen LogP contribution < -0.4 is 15.8 Å². The number of aryl methyl sites for hydroxylation is 1. The van der Waals surface area contributed by atoms with Gasteiger partial charge in [-0.05, 0) is 31.2 Å². The maximum atomic E-state index is 12.6. The predicted molar refractivity (Wildman–Crippen MR) is 97.1 cm³/mol. The van der Waals surface area contributed by atoms with E-state index in [1.54, 1.807) is 37.5 Å². The summed E-state index contributed by atoms with van der Waals surface area (Å²) in [6, 6.07) is 7.67. The van der Waals surface area contributed by atoms with Crippen LogP contribution in [0.3, 0.4) is 0 Å². The van der Waals surface area contributed by atoms with Crippen LogP contribution in [-0.4, -0.2) is 34.6 Å². The Bertz CT molecular complexity index is 968. The summed E-state index contributed by atoms with van der Waals surface area (Å²) >= 11 is 0. The van der Waals surface area contributed by atoms with Crippen molar-refractivity contribution in [2.24, 2.45) is 5.73 Å². The monoisotopic (exact) mass is 369 g/mol. The van der Waals surface area contributed by atoms with Gasteiger partial charge >= 0.3 is 0 Å². The zero-order chi connectivity index (χ0) is 19.4. The van der Waals surface area contributed by atoms with Gasteiger partial charge in [0.05, 0.1) is 12.2 Å². The highest BCUT2D eigenvalue weighted by atomic mass is 16.5. The molecule has 1 aromatic carbocycles. The molecular formula is C19H19N3O5. The van der Waals surface area contributed by atoms with E-state index in [2.05, 4.69) is 10.3 Å². The van der Waals surface area contributed by atoms with Crippen molar-refractivity contribution in [1.29, 1.82) is 0 Å². The van der Waals surface area contributed by atoms with Crippen molar-refractivity contribution in [1.82, 2.24) is 10.3 Å². The Labute approximate surface area is 154 Å². The standard InChI is InChI=1S/C19H19N3O5/c1-11-17(19(25)22-15(9-23)18(20)24)14-7-13(4-5-16(14)27-11)26-10-12-3-2-6-21-8-12/h2-8,15,23H,9-10H2,1H3,(H2,20,24)(H,22,25)/t15-/m0/s1. The number of rotatable bonds is 7. The fraction of sp³-hybridized carbons (Fsp3) is 0.211. The average molecular weight is 369 g/mol. The molecule has 0 aliphatic heterocycles. The summed E-state index contributed by atoms with van der Waals surface area (Å²) in [5, 5.41) is 12.1. The lowest BCUT2D eigenvalue weighted by Crippen LogP contribution is -2.46. The molecule has 4 N–H and O–H groups in total. The number of furan rings is 1. The number of hydrogen-bond donors (Lipinski definition) is 3. The Kier molecular flexibility index (Phi) is 5.37. The molecule has 8 nitrogen and oxygen atoms in total. The number of hydrogen-bond acceptors (Lipinski definition) is 6. The molecule has 0 fully saturated rings. The minimum absolute atomic E-state index is 0.261. The summed E-state index contributed by atoms with van der Waals surface area (Å²) in [4.78, 5) is 27.9. The Morgan fingerprint density at radius 2 is 2.19 bits per heavy atom. The Balaban J connectivity index is 1.86. The molecule has 140 valence electrons. The van der Waals surface area contributed by atoms with E-state index in [4.69, 9.17) is 14.9 Å². The van der Waals surface area contributed by atoms with Crippen molar-refractivity contribution < 1.29 is 23.8 Å². The van der Waals surface area contributed by atoms with Crippen LogP contribution in [0.4, 0.5) is 0 Å². The highest BCUT2D eigenvalue weighted by Gasteiger charge is 2.23. The number of primary amides is 1. The lowest BCUT2D eigenvalue weighted by Gasteiger charge is -2.12. The summed E-state index contributed by atoms with van der Waals surface area (Å²) in [5.41, 5.74) is 6.83. The summed E-state index contributed by atoms with van der Waals surface area (Å²) < 4.78 is 11.4. The first-order chi connectivity index (χ1) is 13.0. The number of amides is 2. The van der Waals surface area contributed by atoms with Crippen LogP contribution in [0.1, 0.15) is 21.7 Å². The Hall–Kier alpha value is -3.39. The first-order valence-electron chi connectivity index (χ1n) is 8.25. The number of aromatic nitrogens is 1. The van der Waals surface area contributed by atoms with Crippen LogP contribution in [0.2, 0.25) is 0 Å². The van der Waals surface area contributed by atoms with Gasteiger partial charge in [-0.3, -0.25) is 14.6 Å². The number of pyridine rings is 1. The molecule has 0 saturated carbocycles. The van der Waals surface area contributed by atoms with E-state index >= 15 is 0 Å². The molecule has 27 heavy (non-hydrogen) atoms. The third-order valence-corrected chi connectivity index (χ3v) is 4.02. The lowest BCUT2D eigenvalue weighted by atomic mass is 10.1. The molecule has 0 aliphatic rings. The molecule has 0 radical (unpaired) electrons. The molecule has 3 rings (SSSR count). The van der Waals surface area contributed by atoms with Gasteiger partial charge in [-0.15, -0.1) is 0 Å². The van der Waals surface area contributed by atoms with Crippen LogP contribution in [0.15, 0.2) is 47.1 Å². The van der Waals surface area contributed by atoms with Crippen LogP contribution in [-0.2, 0) is 11.4 Å². The molecule has 3 aromatic rings. The van der Waals surface area contributed by atoms with Crippen molar-refractivity contribution >= 4 is 22.8 Å². The van der Waals surface area contributed by atoms with E-state index in [1.165, 1.54) is 0 Å². The van der Waals surface area contributed by atoms with Crippen molar-refractivity contribution in [2.75, 3.05) is 6.61 Å². The number of benzene rings is 1. The van der Waals surface area contributed by atoms with Gasteiger partial charge in [0.1, 0.15) is 29.7 Å². The van der Waals surface area contributed by atoms with Gasteiger partial charge in [0.15, 0.2) is 0 Å². The number of nitrogens with one attached hydrogen (secondary N) is 1. The molecule has 0 bridgehead atoms. The summed E-state index contributed by atoms with van der Waals surface area (Å²) in [5.74, 6) is -0.451. The molecule has 0 saturated heterocycles. The smallest absolute Gasteiger partial charge is 0.256 e. The summed E-state index contributed by atoms with van der Waals surface area (Å²) in [6.07, 6.45) is 3.39. The zero-order valence-corrected chi connectivity index (χ0v) is 14.6. The molecule has 0 aliphatic carbocycles. The van der Waals surface area contributed by atoms with Crippen molar-refractivity contribution in [3.8, 4) is 5.75 Å². The first-order valence-corrected chi connectivity index (χ1v) is 8.25. The highest BCUT2D eigenvalue weighted by Crippen LogP contribution is 2.29. The van der Waals surface area contributed by atoms with E-state index in [0.29, 0.717) is 29.1 Å². The molecule has 2 amide bonds. The number of fused-ring (bicyclic) bond motifs is 1. The third-order valence-electron chi connectivity index (χ3n) is 4.02. The van der Waals surface area contributed by atoms with Gasteiger partial charge in [0.2, 0.25) is 5.91 Å². The van der Waals surface area contributed by atoms with Crippen molar-refractivity contribution in [3.63, 3.8) is 0 Å². The molecular weight excluding hydrogens is 350 g/mol. The first kappa shape index (κ1) is 18.4. The van der Waals surface area contributed by atoms with Gasteiger partial charge in [-0.2, -0.15) is 0 Å². The number of carbonyl (C=O) groups is 2. The number of carbonyl (C=O) groups excluding carboxylic acids is 2. The van der Waals surface area contributed by atoms with E-state index in [1.807, 2.05) is 12.1 Å². The van der Waals surface area contributed by atoms with Crippen LogP contribution in [0.25, 0.3) is 11.0 Å². The van der Waals surface area contributed by atoms with Crippen LogP contribution >= 0.6 is 0 Å². The molecule has 2 aromatic heterocycles. The van der Waals surface area contributed by atoms with Crippen LogP contribution in [0, 0.1) is 6.92 Å². The Morgan fingerprint density at radius 3 is 2.85 bits per heavy atom. The van der Waals surface area contributed by atoms with E-state index in [9.17, 15) is 14.7 Å². The van der Waals surface area contributed by atoms with Crippen LogP contribution in [0.5, 0.6) is 5.75 Å². The number of nitrogens with two attached hydrogens (primary N) is 1. The second kappa shape index (κ2) is 7.88. The largest absolute Gasteiger partial charge is 0.489 e. The number of aliphatic hydroxyl groups is 1. The maximum Gasteiger partial charge on any atom is 0.256 e. The second-order valence-electron chi connectivity index (χ2n) is 5.95. The minimum atomic E-state index is -1.17. The van der Waals surface area contributed by atoms with Gasteiger partial charge in [-0.25, -0.2) is 0 Å². The molecule has 0 unspecified atom stereocenters. The normalized spacial score (nSPS) is 11.9. The van der Waals surface area contributed by atoms with E-state index < -0.39 is 24.5 Å². The topological polar surface area (TPSA) is 128 Å². The van der Waals surface area contributed by atoms with Gasteiger partial charge in [-0.1, -0.05) is 6.07 Å². The number of nitrogens with zero attached hydrogens (tertiary/aromatic N) is 1. The quantitative estimate of drug-likeness (QED) is 0.576. The maximum absolute atomic E-state index is 12.6. The molecule has 0 spiro atoms. The molecule has 8 heteroatoms. The highest BCUT2D eigenvalue weighted by molar-refractivity contribution is 6.08. The molecule has 1 atom stereocenters. The van der Waals surface area contributed by atoms with E-state index in [0.717, 1.165) is 5.56 Å².